The largest absolute Gasteiger partial charge is 0.481 e. The van der Waals surface area contributed by atoms with Gasteiger partial charge in [0.05, 0.1) is 12.0 Å². The predicted molar refractivity (Wildman–Crippen MR) is 60.3 cm³/mol. The van der Waals surface area contributed by atoms with Gasteiger partial charge in [-0.05, 0) is 19.8 Å². The molecule has 0 rings (SSSR count). The first-order valence-corrected chi connectivity index (χ1v) is 5.49. The number of carbonyl (C=O) groups is 2. The van der Waals surface area contributed by atoms with Gasteiger partial charge in [0, 0.05) is 6.42 Å². The van der Waals surface area contributed by atoms with E-state index in [0.717, 1.165) is 12.8 Å². The highest BCUT2D eigenvalue weighted by molar-refractivity contribution is 5.70. The first-order chi connectivity index (χ1) is 7.36. The van der Waals surface area contributed by atoms with Gasteiger partial charge < -0.3 is 15.3 Å². The maximum atomic E-state index is 10.1. The van der Waals surface area contributed by atoms with Crippen LogP contribution in [0.3, 0.4) is 0 Å². The average Bonchev–Trinajstić information content (AvgIpc) is 2.24. The molecule has 0 aliphatic heterocycles. The van der Waals surface area contributed by atoms with E-state index in [9.17, 15) is 9.59 Å². The van der Waals surface area contributed by atoms with Gasteiger partial charge in [0.1, 0.15) is 0 Å². The van der Waals surface area contributed by atoms with Gasteiger partial charge in [-0.3, -0.25) is 9.59 Å². The summed E-state index contributed by atoms with van der Waals surface area (Å²) < 4.78 is 0. The monoisotopic (exact) mass is 234 g/mol. The highest BCUT2D eigenvalue weighted by Gasteiger charge is 2.18. The fourth-order valence-corrected chi connectivity index (χ4v) is 0.846. The third-order valence-corrected chi connectivity index (χ3v) is 2.13. The minimum atomic E-state index is -0.940. The fourth-order valence-electron chi connectivity index (χ4n) is 0.846. The molecular weight excluding hydrogens is 212 g/mol. The van der Waals surface area contributed by atoms with Crippen LogP contribution in [0.25, 0.3) is 0 Å². The van der Waals surface area contributed by atoms with Crippen LogP contribution in [0.15, 0.2) is 0 Å². The molecule has 2 unspecified atom stereocenters. The lowest BCUT2D eigenvalue weighted by Gasteiger charge is -2.10. The van der Waals surface area contributed by atoms with E-state index in [-0.39, 0.29) is 0 Å². The van der Waals surface area contributed by atoms with Crippen LogP contribution in [0.2, 0.25) is 0 Å². The molecule has 0 bridgehead atoms. The maximum Gasteiger partial charge on any atom is 0.308 e. The van der Waals surface area contributed by atoms with E-state index >= 15 is 0 Å². The number of hydrogen-bond acceptors (Lipinski definition) is 3. The molecule has 96 valence electrons. The van der Waals surface area contributed by atoms with Crippen molar-refractivity contribution in [3.05, 3.63) is 0 Å². The second-order valence-corrected chi connectivity index (χ2v) is 3.60. The zero-order chi connectivity index (χ0) is 13.1. The van der Waals surface area contributed by atoms with E-state index in [0.29, 0.717) is 12.8 Å². The quantitative estimate of drug-likeness (QED) is 0.650. The van der Waals surface area contributed by atoms with Crippen molar-refractivity contribution in [3.8, 4) is 0 Å². The Morgan fingerprint density at radius 2 is 1.69 bits per heavy atom. The van der Waals surface area contributed by atoms with E-state index in [1.165, 1.54) is 6.92 Å². The van der Waals surface area contributed by atoms with Crippen LogP contribution in [-0.2, 0) is 9.59 Å². The molecule has 0 fully saturated rings. The Hall–Kier alpha value is -1.10. The van der Waals surface area contributed by atoms with Crippen molar-refractivity contribution in [3.63, 3.8) is 0 Å². The number of aliphatic carboxylic acids is 2. The lowest BCUT2D eigenvalue weighted by atomic mass is 10.0. The van der Waals surface area contributed by atoms with Crippen molar-refractivity contribution in [2.75, 3.05) is 0 Å². The molecular formula is C11H22O5. The lowest BCUT2D eigenvalue weighted by Crippen LogP contribution is -2.24. The van der Waals surface area contributed by atoms with Gasteiger partial charge in [-0.1, -0.05) is 20.3 Å². The number of carboxylic acid groups (broad SMARTS) is 2. The fraction of sp³-hybridized carbons (Fsp3) is 0.818. The summed E-state index contributed by atoms with van der Waals surface area (Å²) in [6.45, 7) is 5.23. The number of rotatable bonds is 6. The highest BCUT2D eigenvalue weighted by atomic mass is 16.4. The third kappa shape index (κ3) is 11.0. The van der Waals surface area contributed by atoms with E-state index < -0.39 is 24.0 Å². The molecule has 0 radical (unpaired) electrons. The van der Waals surface area contributed by atoms with Crippen molar-refractivity contribution in [1.82, 2.24) is 0 Å². The summed E-state index contributed by atoms with van der Waals surface area (Å²) in [6, 6.07) is 0. The molecule has 0 aliphatic rings. The minimum Gasteiger partial charge on any atom is -0.481 e. The second kappa shape index (κ2) is 10.4. The topological polar surface area (TPSA) is 94.8 Å². The summed E-state index contributed by atoms with van der Waals surface area (Å²) in [5.74, 6) is -2.28. The smallest absolute Gasteiger partial charge is 0.308 e. The van der Waals surface area contributed by atoms with Crippen molar-refractivity contribution in [2.45, 2.75) is 52.6 Å². The molecule has 0 aromatic carbocycles. The van der Waals surface area contributed by atoms with Crippen LogP contribution in [0.1, 0.15) is 46.5 Å². The first kappa shape index (κ1) is 17.3. The Balaban J connectivity index is 0. The Morgan fingerprint density at radius 3 is 1.81 bits per heavy atom. The third-order valence-electron chi connectivity index (χ3n) is 2.13. The molecule has 2 atom stereocenters. The molecule has 0 saturated heterocycles. The number of aliphatic hydroxyl groups is 1. The van der Waals surface area contributed by atoms with Crippen LogP contribution in [0.4, 0.5) is 0 Å². The number of aliphatic hydroxyl groups excluding tert-OH is 1. The van der Waals surface area contributed by atoms with Gasteiger partial charge in [0.2, 0.25) is 0 Å². The van der Waals surface area contributed by atoms with Crippen LogP contribution in [0.5, 0.6) is 0 Å². The van der Waals surface area contributed by atoms with E-state index in [1.807, 2.05) is 6.92 Å². The summed E-state index contributed by atoms with van der Waals surface area (Å²) in [4.78, 5) is 19.9. The molecule has 3 N–H and O–H groups in total. The molecule has 0 aromatic rings. The van der Waals surface area contributed by atoms with Crippen LogP contribution in [-0.4, -0.2) is 33.4 Å². The Kier molecular flexibility index (Phi) is 11.3. The minimum absolute atomic E-state index is 0.316. The SMILES string of the molecule is CCC(O)C(C)C(=O)O.CCCCC(=O)O. The Labute approximate surface area is 96.1 Å². The number of carboxylic acids is 2. The maximum absolute atomic E-state index is 10.1. The van der Waals surface area contributed by atoms with Crippen LogP contribution >= 0.6 is 0 Å². The molecule has 16 heavy (non-hydrogen) atoms. The summed E-state index contributed by atoms with van der Waals surface area (Å²) in [5, 5.41) is 25.3. The summed E-state index contributed by atoms with van der Waals surface area (Å²) in [5.41, 5.74) is 0. The number of hydrogen-bond donors (Lipinski definition) is 3. The second-order valence-electron chi connectivity index (χ2n) is 3.60. The van der Waals surface area contributed by atoms with Gasteiger partial charge in [0.15, 0.2) is 0 Å². The molecule has 0 spiro atoms. The van der Waals surface area contributed by atoms with Crippen molar-refractivity contribution < 1.29 is 24.9 Å². The molecule has 5 heteroatoms. The van der Waals surface area contributed by atoms with Crippen molar-refractivity contribution >= 4 is 11.9 Å². The van der Waals surface area contributed by atoms with Crippen LogP contribution < -0.4 is 0 Å². The molecule has 5 nitrogen and oxygen atoms in total. The highest BCUT2D eigenvalue weighted by Crippen LogP contribution is 2.05. The Bertz CT molecular complexity index is 203. The first-order valence-electron chi connectivity index (χ1n) is 5.49. The Morgan fingerprint density at radius 1 is 1.19 bits per heavy atom. The van der Waals surface area contributed by atoms with E-state index in [2.05, 4.69) is 0 Å². The van der Waals surface area contributed by atoms with Gasteiger partial charge in [-0.25, -0.2) is 0 Å². The van der Waals surface area contributed by atoms with E-state index in [1.54, 1.807) is 6.92 Å². The molecule has 0 aliphatic carbocycles. The molecule has 0 heterocycles. The predicted octanol–water partition coefficient (Wildman–Crippen LogP) is 1.74. The average molecular weight is 234 g/mol. The zero-order valence-corrected chi connectivity index (χ0v) is 10.1. The van der Waals surface area contributed by atoms with Gasteiger partial charge >= 0.3 is 11.9 Å². The molecule has 0 saturated carbocycles. The molecule has 0 aromatic heterocycles. The van der Waals surface area contributed by atoms with Gasteiger partial charge in [0.25, 0.3) is 0 Å². The summed E-state index contributed by atoms with van der Waals surface area (Å²) >= 11 is 0. The van der Waals surface area contributed by atoms with Crippen molar-refractivity contribution in [1.29, 1.82) is 0 Å². The normalized spacial score (nSPS) is 13.2. The van der Waals surface area contributed by atoms with E-state index in [4.69, 9.17) is 15.3 Å². The lowest BCUT2D eigenvalue weighted by molar-refractivity contribution is -0.145. The number of unbranched alkanes of at least 4 members (excludes halogenated alkanes) is 1. The molecule has 0 amide bonds. The van der Waals surface area contributed by atoms with Crippen LogP contribution in [0, 0.1) is 5.92 Å². The van der Waals surface area contributed by atoms with Gasteiger partial charge in [-0.2, -0.15) is 0 Å². The summed E-state index contributed by atoms with van der Waals surface area (Å²) in [7, 11) is 0. The standard InChI is InChI=1S/C6H12O3.C5H10O2/c1-3-5(7)4(2)6(8)9;1-2-3-4-5(6)7/h4-5,7H,3H2,1-2H3,(H,8,9);2-4H2,1H3,(H,6,7). The summed E-state index contributed by atoms with van der Waals surface area (Å²) in [6.07, 6.45) is 1.87. The zero-order valence-electron chi connectivity index (χ0n) is 10.1. The van der Waals surface area contributed by atoms with Gasteiger partial charge in [-0.15, -0.1) is 0 Å². The van der Waals surface area contributed by atoms with Crippen molar-refractivity contribution in [2.24, 2.45) is 5.92 Å².